The van der Waals surface area contributed by atoms with Gasteiger partial charge in [0.2, 0.25) is 0 Å². The van der Waals surface area contributed by atoms with Crippen molar-refractivity contribution in [3.63, 3.8) is 0 Å². The van der Waals surface area contributed by atoms with Gasteiger partial charge in [0.15, 0.2) is 0 Å². The first-order valence-corrected chi connectivity index (χ1v) is 8.00. The van der Waals surface area contributed by atoms with E-state index in [-0.39, 0.29) is 11.9 Å². The van der Waals surface area contributed by atoms with Crippen LogP contribution < -0.4 is 5.32 Å². The molecule has 0 unspecified atom stereocenters. The zero-order valence-corrected chi connectivity index (χ0v) is 13.2. The highest BCUT2D eigenvalue weighted by molar-refractivity contribution is 5.94. The van der Waals surface area contributed by atoms with Crippen LogP contribution in [0.25, 0.3) is 0 Å². The molecule has 1 aliphatic heterocycles. The number of likely N-dealkylation sites (tertiary alicyclic amines) is 1. The lowest BCUT2D eigenvalue weighted by Gasteiger charge is -2.32. The Kier molecular flexibility index (Phi) is 5.15. The molecule has 0 bridgehead atoms. The summed E-state index contributed by atoms with van der Waals surface area (Å²) in [5.74, 6) is -1.09. The topological polar surface area (TPSA) is 45.2 Å². The van der Waals surface area contributed by atoms with Crippen LogP contribution >= 0.6 is 0 Å². The van der Waals surface area contributed by atoms with E-state index in [2.05, 4.69) is 10.3 Å². The molecule has 1 amide bonds. The molecule has 0 radical (unpaired) electrons. The lowest BCUT2D eigenvalue weighted by Crippen LogP contribution is -2.44. The molecule has 126 valence electrons. The molecule has 1 N–H and O–H groups in total. The van der Waals surface area contributed by atoms with Crippen LogP contribution in [0.1, 0.15) is 28.8 Å². The van der Waals surface area contributed by atoms with Gasteiger partial charge in [-0.2, -0.15) is 0 Å². The number of amides is 1. The van der Waals surface area contributed by atoms with Crippen molar-refractivity contribution < 1.29 is 13.6 Å². The Morgan fingerprint density at radius 1 is 1.17 bits per heavy atom. The summed E-state index contributed by atoms with van der Waals surface area (Å²) in [6.07, 6.45) is 4.83. The lowest BCUT2D eigenvalue weighted by molar-refractivity contribution is 0.0704. The Labute approximate surface area is 139 Å². The number of benzene rings is 1. The van der Waals surface area contributed by atoms with Crippen molar-refractivity contribution in [3.05, 3.63) is 65.5 Å². The molecule has 2 heterocycles. The number of rotatable bonds is 4. The zero-order chi connectivity index (χ0) is 16.9. The summed E-state index contributed by atoms with van der Waals surface area (Å²) >= 11 is 0. The predicted octanol–water partition coefficient (Wildman–Crippen LogP) is 2.75. The average molecular weight is 331 g/mol. The van der Waals surface area contributed by atoms with Crippen molar-refractivity contribution in [3.8, 4) is 0 Å². The van der Waals surface area contributed by atoms with E-state index in [1.165, 1.54) is 12.1 Å². The molecular weight excluding hydrogens is 312 g/mol. The maximum atomic E-state index is 13.6. The molecule has 1 aliphatic rings. The van der Waals surface area contributed by atoms with Crippen LogP contribution in [-0.2, 0) is 6.54 Å². The quantitative estimate of drug-likeness (QED) is 0.937. The van der Waals surface area contributed by atoms with Gasteiger partial charge in [-0.05, 0) is 31.0 Å². The van der Waals surface area contributed by atoms with Gasteiger partial charge in [-0.1, -0.05) is 6.07 Å². The summed E-state index contributed by atoms with van der Waals surface area (Å²) in [6.45, 7) is 1.67. The second-order valence-electron chi connectivity index (χ2n) is 5.92. The third-order valence-corrected chi connectivity index (χ3v) is 4.31. The average Bonchev–Trinajstić information content (AvgIpc) is 2.62. The molecule has 2 aromatic rings. The molecular formula is C18H19F2N3O. The summed E-state index contributed by atoms with van der Waals surface area (Å²) in [4.78, 5) is 18.1. The van der Waals surface area contributed by atoms with Crippen molar-refractivity contribution in [2.45, 2.75) is 25.4 Å². The molecule has 4 nitrogen and oxygen atoms in total. The molecule has 0 atom stereocenters. The van der Waals surface area contributed by atoms with E-state index < -0.39 is 11.6 Å². The number of hydrogen-bond donors (Lipinski definition) is 1. The van der Waals surface area contributed by atoms with Crippen molar-refractivity contribution in [2.24, 2.45) is 0 Å². The minimum Gasteiger partial charge on any atom is -0.339 e. The highest BCUT2D eigenvalue weighted by Crippen LogP contribution is 2.15. The van der Waals surface area contributed by atoms with Crippen molar-refractivity contribution in [1.82, 2.24) is 15.2 Å². The van der Waals surface area contributed by atoms with Gasteiger partial charge < -0.3 is 10.2 Å². The highest BCUT2D eigenvalue weighted by atomic mass is 19.1. The van der Waals surface area contributed by atoms with E-state index in [0.29, 0.717) is 30.8 Å². The smallest absolute Gasteiger partial charge is 0.253 e. The first kappa shape index (κ1) is 16.5. The van der Waals surface area contributed by atoms with E-state index in [1.54, 1.807) is 24.5 Å². The third kappa shape index (κ3) is 3.94. The van der Waals surface area contributed by atoms with Gasteiger partial charge in [0.1, 0.15) is 11.6 Å². The number of nitrogens with one attached hydrogen (secondary N) is 1. The molecule has 0 spiro atoms. The van der Waals surface area contributed by atoms with Gasteiger partial charge in [0.05, 0.1) is 0 Å². The molecule has 1 aromatic heterocycles. The molecule has 0 aliphatic carbocycles. The van der Waals surface area contributed by atoms with E-state index >= 15 is 0 Å². The Morgan fingerprint density at radius 2 is 1.88 bits per heavy atom. The summed E-state index contributed by atoms with van der Waals surface area (Å²) < 4.78 is 26.5. The summed E-state index contributed by atoms with van der Waals surface area (Å²) in [5.41, 5.74) is 1.09. The van der Waals surface area contributed by atoms with Gasteiger partial charge in [-0.15, -0.1) is 0 Å². The number of aromatic nitrogens is 1. The second-order valence-corrected chi connectivity index (χ2v) is 5.92. The Morgan fingerprint density at radius 3 is 2.54 bits per heavy atom. The SMILES string of the molecule is O=C(c1ccncc1)N1CCC(NCc2ccc(F)cc2F)CC1. The number of piperidine rings is 1. The molecule has 1 saturated heterocycles. The summed E-state index contributed by atoms with van der Waals surface area (Å²) in [6, 6.07) is 7.26. The third-order valence-electron chi connectivity index (χ3n) is 4.31. The normalized spacial score (nSPS) is 15.5. The van der Waals surface area contributed by atoms with Crippen molar-refractivity contribution in [2.75, 3.05) is 13.1 Å². The van der Waals surface area contributed by atoms with Crippen LogP contribution in [-0.4, -0.2) is 34.9 Å². The zero-order valence-electron chi connectivity index (χ0n) is 13.2. The molecule has 24 heavy (non-hydrogen) atoms. The van der Waals surface area contributed by atoms with Crippen LogP contribution in [0.15, 0.2) is 42.7 Å². The lowest BCUT2D eigenvalue weighted by atomic mass is 10.0. The largest absolute Gasteiger partial charge is 0.339 e. The first-order chi connectivity index (χ1) is 11.6. The van der Waals surface area contributed by atoms with Gasteiger partial charge in [-0.3, -0.25) is 9.78 Å². The second kappa shape index (κ2) is 7.49. The molecule has 3 rings (SSSR count). The van der Waals surface area contributed by atoms with Gasteiger partial charge in [0, 0.05) is 55.3 Å². The van der Waals surface area contributed by atoms with Crippen LogP contribution in [0.3, 0.4) is 0 Å². The van der Waals surface area contributed by atoms with E-state index in [0.717, 1.165) is 18.9 Å². The molecule has 1 fully saturated rings. The fourth-order valence-corrected chi connectivity index (χ4v) is 2.88. The van der Waals surface area contributed by atoms with E-state index in [9.17, 15) is 13.6 Å². The van der Waals surface area contributed by atoms with Gasteiger partial charge in [-0.25, -0.2) is 8.78 Å². The fraction of sp³-hybridized carbons (Fsp3) is 0.333. The number of hydrogen-bond acceptors (Lipinski definition) is 3. The standard InChI is InChI=1S/C18H19F2N3O/c19-15-2-1-14(17(20)11-15)12-22-16-5-9-23(10-6-16)18(24)13-3-7-21-8-4-13/h1-4,7-8,11,16,22H,5-6,9-10,12H2. The molecule has 1 aromatic carbocycles. The number of carbonyl (C=O) groups is 1. The first-order valence-electron chi connectivity index (χ1n) is 8.00. The highest BCUT2D eigenvalue weighted by Gasteiger charge is 2.23. The van der Waals surface area contributed by atoms with E-state index in [4.69, 9.17) is 0 Å². The maximum absolute atomic E-state index is 13.6. The number of pyridine rings is 1. The number of halogens is 2. The van der Waals surface area contributed by atoms with Crippen LogP contribution in [0, 0.1) is 11.6 Å². The predicted molar refractivity (Wildman–Crippen MR) is 86.4 cm³/mol. The van der Waals surface area contributed by atoms with Gasteiger partial charge >= 0.3 is 0 Å². The monoisotopic (exact) mass is 331 g/mol. The number of carbonyl (C=O) groups excluding carboxylic acids is 1. The van der Waals surface area contributed by atoms with E-state index in [1.807, 2.05) is 4.90 Å². The van der Waals surface area contributed by atoms with Crippen LogP contribution in [0.5, 0.6) is 0 Å². The van der Waals surface area contributed by atoms with Crippen LogP contribution in [0.4, 0.5) is 8.78 Å². The minimum absolute atomic E-state index is 0.0143. The van der Waals surface area contributed by atoms with Crippen molar-refractivity contribution in [1.29, 1.82) is 0 Å². The summed E-state index contributed by atoms with van der Waals surface area (Å²) in [7, 11) is 0. The van der Waals surface area contributed by atoms with Crippen LogP contribution in [0.2, 0.25) is 0 Å². The minimum atomic E-state index is -0.570. The Balaban J connectivity index is 1.49. The Hall–Kier alpha value is -2.34. The summed E-state index contributed by atoms with van der Waals surface area (Å²) in [5, 5.41) is 3.29. The maximum Gasteiger partial charge on any atom is 0.253 e. The van der Waals surface area contributed by atoms with Crippen molar-refractivity contribution >= 4 is 5.91 Å². The number of nitrogens with zero attached hydrogens (tertiary/aromatic N) is 2. The molecule has 0 saturated carbocycles. The fourth-order valence-electron chi connectivity index (χ4n) is 2.88. The molecule has 6 heteroatoms. The van der Waals surface area contributed by atoms with Gasteiger partial charge in [0.25, 0.3) is 5.91 Å². The Bertz CT molecular complexity index is 701.